The van der Waals surface area contributed by atoms with E-state index in [9.17, 15) is 9.59 Å². The fraction of sp³-hybridized carbons (Fsp3) is 0.556. The van der Waals surface area contributed by atoms with Crippen molar-refractivity contribution in [1.82, 2.24) is 5.32 Å². The summed E-state index contributed by atoms with van der Waals surface area (Å²) in [5.74, 6) is 2.21. The van der Waals surface area contributed by atoms with Gasteiger partial charge in [0.25, 0.3) is 0 Å². The minimum atomic E-state index is -0.400. The van der Waals surface area contributed by atoms with Crippen LogP contribution in [-0.4, -0.2) is 35.9 Å². The summed E-state index contributed by atoms with van der Waals surface area (Å²) < 4.78 is 0. The van der Waals surface area contributed by atoms with Crippen LogP contribution in [0.2, 0.25) is 0 Å². The van der Waals surface area contributed by atoms with Gasteiger partial charge in [0, 0.05) is 25.1 Å². The molecule has 0 aromatic heterocycles. The number of amides is 2. The maximum atomic E-state index is 12.5. The van der Waals surface area contributed by atoms with Crippen molar-refractivity contribution in [2.45, 2.75) is 45.6 Å². The summed E-state index contributed by atoms with van der Waals surface area (Å²) >= 11 is 1.92. The second-order valence-corrected chi connectivity index (χ2v) is 6.95. The van der Waals surface area contributed by atoms with Crippen molar-refractivity contribution in [1.29, 1.82) is 0 Å². The fourth-order valence-electron chi connectivity index (χ4n) is 2.82. The van der Waals surface area contributed by atoms with Crippen molar-refractivity contribution in [3.63, 3.8) is 0 Å². The monoisotopic (exact) mass is 334 g/mol. The lowest BCUT2D eigenvalue weighted by atomic mass is 10.1. The SMILES string of the molecule is CCCSCCCNC(=O)C1Cc2ccccc2N1C(=O)CC. The van der Waals surface area contributed by atoms with Gasteiger partial charge in [-0.15, -0.1) is 0 Å². The second-order valence-electron chi connectivity index (χ2n) is 5.72. The molecule has 1 N–H and O–H groups in total. The molecule has 0 bridgehead atoms. The fourth-order valence-corrected chi connectivity index (χ4v) is 3.67. The molecular weight excluding hydrogens is 308 g/mol. The summed E-state index contributed by atoms with van der Waals surface area (Å²) in [4.78, 5) is 26.5. The first kappa shape index (κ1) is 17.9. The largest absolute Gasteiger partial charge is 0.354 e. The lowest BCUT2D eigenvalue weighted by Gasteiger charge is -2.24. The number of nitrogens with one attached hydrogen (secondary N) is 1. The van der Waals surface area contributed by atoms with Gasteiger partial charge in [0.05, 0.1) is 0 Å². The molecule has 2 rings (SSSR count). The van der Waals surface area contributed by atoms with Gasteiger partial charge in [-0.3, -0.25) is 14.5 Å². The highest BCUT2D eigenvalue weighted by atomic mass is 32.2. The molecule has 1 unspecified atom stereocenters. The lowest BCUT2D eigenvalue weighted by Crippen LogP contribution is -2.48. The van der Waals surface area contributed by atoms with Gasteiger partial charge in [0.1, 0.15) is 6.04 Å². The van der Waals surface area contributed by atoms with E-state index in [1.807, 2.05) is 43.0 Å². The molecule has 1 aromatic rings. The number of nitrogens with zero attached hydrogens (tertiary/aromatic N) is 1. The molecule has 1 aromatic carbocycles. The molecule has 0 saturated heterocycles. The predicted octanol–water partition coefficient (Wildman–Crippen LogP) is 3.00. The molecule has 1 heterocycles. The summed E-state index contributed by atoms with van der Waals surface area (Å²) in [6, 6.07) is 7.40. The summed E-state index contributed by atoms with van der Waals surface area (Å²) in [5, 5.41) is 3.00. The van der Waals surface area contributed by atoms with Gasteiger partial charge in [-0.1, -0.05) is 32.0 Å². The van der Waals surface area contributed by atoms with E-state index >= 15 is 0 Å². The van der Waals surface area contributed by atoms with Crippen LogP contribution in [0.15, 0.2) is 24.3 Å². The summed E-state index contributed by atoms with van der Waals surface area (Å²) in [5.41, 5.74) is 1.96. The van der Waals surface area contributed by atoms with Crippen LogP contribution in [0.1, 0.15) is 38.7 Å². The normalized spacial score (nSPS) is 16.3. The van der Waals surface area contributed by atoms with Crippen LogP contribution in [-0.2, 0) is 16.0 Å². The summed E-state index contributed by atoms with van der Waals surface area (Å²) in [6.45, 7) is 4.69. The predicted molar refractivity (Wildman–Crippen MR) is 97.0 cm³/mol. The number of carbonyl (C=O) groups is 2. The van der Waals surface area contributed by atoms with Gasteiger partial charge < -0.3 is 5.32 Å². The van der Waals surface area contributed by atoms with E-state index < -0.39 is 6.04 Å². The highest BCUT2D eigenvalue weighted by molar-refractivity contribution is 7.99. The number of carbonyl (C=O) groups excluding carboxylic acids is 2. The molecule has 1 aliphatic heterocycles. The number of fused-ring (bicyclic) bond motifs is 1. The number of thioether (sulfide) groups is 1. The van der Waals surface area contributed by atoms with Crippen LogP contribution in [0.5, 0.6) is 0 Å². The van der Waals surface area contributed by atoms with E-state index in [0.717, 1.165) is 23.4 Å². The molecule has 0 saturated carbocycles. The van der Waals surface area contributed by atoms with E-state index in [-0.39, 0.29) is 11.8 Å². The molecule has 2 amide bonds. The third kappa shape index (κ3) is 4.50. The Morgan fingerprint density at radius 3 is 2.78 bits per heavy atom. The van der Waals surface area contributed by atoms with Crippen LogP contribution in [0.3, 0.4) is 0 Å². The van der Waals surface area contributed by atoms with Crippen molar-refractivity contribution in [2.75, 3.05) is 23.0 Å². The maximum Gasteiger partial charge on any atom is 0.243 e. The van der Waals surface area contributed by atoms with Crippen molar-refractivity contribution < 1.29 is 9.59 Å². The summed E-state index contributed by atoms with van der Waals surface area (Å²) in [7, 11) is 0. The third-order valence-corrected chi connectivity index (χ3v) is 5.24. The van der Waals surface area contributed by atoms with Crippen LogP contribution in [0, 0.1) is 0 Å². The van der Waals surface area contributed by atoms with Gasteiger partial charge in [-0.2, -0.15) is 11.8 Å². The number of benzene rings is 1. The molecule has 1 atom stereocenters. The third-order valence-electron chi connectivity index (χ3n) is 3.96. The number of hydrogen-bond acceptors (Lipinski definition) is 3. The smallest absolute Gasteiger partial charge is 0.243 e. The highest BCUT2D eigenvalue weighted by Crippen LogP contribution is 2.32. The number of anilines is 1. The van der Waals surface area contributed by atoms with E-state index in [1.54, 1.807) is 4.90 Å². The van der Waals surface area contributed by atoms with Gasteiger partial charge in [0.2, 0.25) is 11.8 Å². The van der Waals surface area contributed by atoms with Crippen LogP contribution < -0.4 is 10.2 Å². The van der Waals surface area contributed by atoms with Crippen molar-refractivity contribution in [3.05, 3.63) is 29.8 Å². The van der Waals surface area contributed by atoms with Crippen molar-refractivity contribution in [3.8, 4) is 0 Å². The average molecular weight is 334 g/mol. The van der Waals surface area contributed by atoms with E-state index in [1.165, 1.54) is 12.2 Å². The first-order chi connectivity index (χ1) is 11.2. The zero-order valence-electron chi connectivity index (χ0n) is 14.0. The molecular formula is C18H26N2O2S. The highest BCUT2D eigenvalue weighted by Gasteiger charge is 2.37. The molecule has 0 radical (unpaired) electrons. The van der Waals surface area contributed by atoms with Crippen molar-refractivity contribution >= 4 is 29.3 Å². The minimum Gasteiger partial charge on any atom is -0.354 e. The molecule has 4 nitrogen and oxygen atoms in total. The van der Waals surface area contributed by atoms with Gasteiger partial charge in [0.15, 0.2) is 0 Å². The quantitative estimate of drug-likeness (QED) is 0.744. The molecule has 0 fully saturated rings. The van der Waals surface area contributed by atoms with E-state index in [0.29, 0.717) is 19.4 Å². The van der Waals surface area contributed by atoms with Gasteiger partial charge in [-0.25, -0.2) is 0 Å². The van der Waals surface area contributed by atoms with Gasteiger partial charge in [-0.05, 0) is 36.0 Å². The number of hydrogen-bond donors (Lipinski definition) is 1. The Morgan fingerprint density at radius 1 is 1.26 bits per heavy atom. The number of para-hydroxylation sites is 1. The maximum absolute atomic E-state index is 12.5. The average Bonchev–Trinajstić information content (AvgIpc) is 2.96. The number of rotatable bonds is 8. The standard InChI is InChI=1S/C18H26N2O2S/c1-3-11-23-12-7-10-19-18(22)16-13-14-8-5-6-9-15(14)20(16)17(21)4-2/h5-6,8-9,16H,3-4,7,10-13H2,1-2H3,(H,19,22). The first-order valence-corrected chi connectivity index (χ1v) is 9.59. The Bertz CT molecular complexity index is 548. The Morgan fingerprint density at radius 2 is 2.04 bits per heavy atom. The van der Waals surface area contributed by atoms with E-state index in [4.69, 9.17) is 0 Å². The molecule has 1 aliphatic rings. The van der Waals surface area contributed by atoms with Crippen molar-refractivity contribution in [2.24, 2.45) is 0 Å². The summed E-state index contributed by atoms with van der Waals surface area (Å²) in [6.07, 6.45) is 3.17. The first-order valence-electron chi connectivity index (χ1n) is 8.44. The zero-order chi connectivity index (χ0) is 16.7. The Kier molecular flexibility index (Phi) is 6.96. The van der Waals surface area contributed by atoms with E-state index in [2.05, 4.69) is 12.2 Å². The Balaban J connectivity index is 1.93. The van der Waals surface area contributed by atoms with Crippen LogP contribution in [0.4, 0.5) is 5.69 Å². The lowest BCUT2D eigenvalue weighted by molar-refractivity contribution is -0.126. The topological polar surface area (TPSA) is 49.4 Å². The Labute approximate surface area is 143 Å². The molecule has 0 spiro atoms. The minimum absolute atomic E-state index is 0.00796. The zero-order valence-corrected chi connectivity index (χ0v) is 14.8. The van der Waals surface area contributed by atoms with Gasteiger partial charge >= 0.3 is 0 Å². The Hall–Kier alpha value is -1.49. The van der Waals surface area contributed by atoms with Crippen LogP contribution >= 0.6 is 11.8 Å². The van der Waals surface area contributed by atoms with Crippen LogP contribution in [0.25, 0.3) is 0 Å². The molecule has 126 valence electrons. The molecule has 23 heavy (non-hydrogen) atoms. The second kappa shape index (κ2) is 8.96. The molecule has 0 aliphatic carbocycles. The molecule has 5 heteroatoms.